The van der Waals surface area contributed by atoms with Gasteiger partial charge in [-0.25, -0.2) is 4.79 Å². The van der Waals surface area contributed by atoms with Crippen LogP contribution < -0.4 is 5.73 Å². The first-order valence-electron chi connectivity index (χ1n) is 4.48. The summed E-state index contributed by atoms with van der Waals surface area (Å²) in [4.78, 5) is 21.3. The molecule has 1 aromatic rings. The maximum Gasteiger partial charge on any atom is 0.336 e. The van der Waals surface area contributed by atoms with Crippen LogP contribution in [0.1, 0.15) is 22.3 Å². The van der Waals surface area contributed by atoms with Gasteiger partial charge in [-0.05, 0) is 33.6 Å². The summed E-state index contributed by atoms with van der Waals surface area (Å²) in [5.41, 5.74) is 5.86. The molecule has 0 spiro atoms. The quantitative estimate of drug-likeness (QED) is 0.887. The van der Waals surface area contributed by atoms with Crippen molar-refractivity contribution in [3.05, 3.63) is 39.9 Å². The Bertz CT molecular complexity index is 455. The molecule has 0 saturated carbocycles. The van der Waals surface area contributed by atoms with Gasteiger partial charge in [-0.1, -0.05) is 18.2 Å². The van der Waals surface area contributed by atoms with Gasteiger partial charge in [-0.2, -0.15) is 0 Å². The Balaban J connectivity index is 2.91. The van der Waals surface area contributed by atoms with Gasteiger partial charge in [-0.15, -0.1) is 0 Å². The summed E-state index contributed by atoms with van der Waals surface area (Å²) in [6.07, 6.45) is 3.39. The van der Waals surface area contributed by atoms with Crippen molar-refractivity contribution < 1.29 is 14.7 Å². The van der Waals surface area contributed by atoms with Gasteiger partial charge in [0.2, 0.25) is 5.91 Å². The molecule has 84 valence electrons. The fraction of sp³-hybridized carbons (Fsp3) is 0.0909. The van der Waals surface area contributed by atoms with Gasteiger partial charge in [0.05, 0.1) is 5.56 Å². The van der Waals surface area contributed by atoms with Crippen LogP contribution in [0.3, 0.4) is 0 Å². The summed E-state index contributed by atoms with van der Waals surface area (Å²) in [5.74, 6) is -1.43. The van der Waals surface area contributed by atoms with E-state index in [9.17, 15) is 9.59 Å². The average molecular weight is 284 g/mol. The molecule has 1 rings (SSSR count). The Hall–Kier alpha value is -1.62. The molecule has 0 radical (unpaired) electrons. The third-order valence-corrected chi connectivity index (χ3v) is 2.54. The molecule has 1 amide bonds. The van der Waals surface area contributed by atoms with Gasteiger partial charge >= 0.3 is 5.97 Å². The Kier molecular flexibility index (Phi) is 4.25. The van der Waals surface area contributed by atoms with E-state index in [-0.39, 0.29) is 12.0 Å². The second kappa shape index (κ2) is 5.46. The summed E-state index contributed by atoms with van der Waals surface area (Å²) in [7, 11) is 0. The van der Waals surface area contributed by atoms with Gasteiger partial charge in [0.1, 0.15) is 0 Å². The third-order valence-electron chi connectivity index (χ3n) is 1.85. The first-order chi connectivity index (χ1) is 7.50. The molecule has 0 aliphatic heterocycles. The number of carbonyl (C=O) groups is 2. The smallest absolute Gasteiger partial charge is 0.336 e. The van der Waals surface area contributed by atoms with E-state index in [0.717, 1.165) is 0 Å². The molecule has 0 aromatic heterocycles. The molecule has 0 bridgehead atoms. The highest BCUT2D eigenvalue weighted by molar-refractivity contribution is 9.10. The fourth-order valence-electron chi connectivity index (χ4n) is 1.12. The topological polar surface area (TPSA) is 80.4 Å². The van der Waals surface area contributed by atoms with E-state index >= 15 is 0 Å². The lowest BCUT2D eigenvalue weighted by molar-refractivity contribution is -0.117. The van der Waals surface area contributed by atoms with E-state index in [1.165, 1.54) is 6.07 Å². The molecule has 1 aromatic carbocycles. The predicted octanol–water partition coefficient (Wildman–Crippen LogP) is 2.04. The van der Waals surface area contributed by atoms with Crippen molar-refractivity contribution in [2.24, 2.45) is 5.73 Å². The number of carboxylic acids is 1. The molecular weight excluding hydrogens is 274 g/mol. The number of primary amides is 1. The largest absolute Gasteiger partial charge is 0.478 e. The number of hydrogen-bond acceptors (Lipinski definition) is 2. The lowest BCUT2D eigenvalue weighted by Crippen LogP contribution is -2.07. The molecular formula is C11H10BrNO3. The Morgan fingerprint density at radius 1 is 1.44 bits per heavy atom. The second-order valence-electron chi connectivity index (χ2n) is 3.12. The van der Waals surface area contributed by atoms with Crippen LogP contribution in [0.15, 0.2) is 28.7 Å². The molecule has 3 N–H and O–H groups in total. The Morgan fingerprint density at radius 3 is 2.69 bits per heavy atom. The molecule has 5 heteroatoms. The van der Waals surface area contributed by atoms with Crippen molar-refractivity contribution in [3.8, 4) is 0 Å². The van der Waals surface area contributed by atoms with Gasteiger partial charge in [-0.3, -0.25) is 4.79 Å². The fourth-order valence-corrected chi connectivity index (χ4v) is 1.54. The molecule has 0 aliphatic rings. The van der Waals surface area contributed by atoms with Crippen molar-refractivity contribution in [1.29, 1.82) is 0 Å². The lowest BCUT2D eigenvalue weighted by atomic mass is 10.1. The van der Waals surface area contributed by atoms with Crippen LogP contribution in [0.5, 0.6) is 0 Å². The molecule has 0 atom stereocenters. The van der Waals surface area contributed by atoms with Crippen LogP contribution in [0.4, 0.5) is 0 Å². The summed E-state index contributed by atoms with van der Waals surface area (Å²) in [6, 6.07) is 4.91. The molecule has 4 nitrogen and oxygen atoms in total. The number of carboxylic acid groups (broad SMARTS) is 1. The van der Waals surface area contributed by atoms with E-state index in [0.29, 0.717) is 10.0 Å². The summed E-state index contributed by atoms with van der Waals surface area (Å²) < 4.78 is 0.520. The second-order valence-corrected chi connectivity index (χ2v) is 3.97. The molecule has 0 heterocycles. The number of rotatable bonds is 4. The highest BCUT2D eigenvalue weighted by Gasteiger charge is 2.07. The number of aromatic carboxylic acids is 1. The first kappa shape index (κ1) is 12.4. The number of carbonyl (C=O) groups excluding carboxylic acids is 1. The Morgan fingerprint density at radius 2 is 2.12 bits per heavy atom. The van der Waals surface area contributed by atoms with E-state index in [1.807, 2.05) is 0 Å². The minimum atomic E-state index is -1.00. The third kappa shape index (κ3) is 3.51. The number of amides is 1. The van der Waals surface area contributed by atoms with Crippen LogP contribution in [0.2, 0.25) is 0 Å². The van der Waals surface area contributed by atoms with Crippen LogP contribution in [0, 0.1) is 0 Å². The molecule has 0 saturated heterocycles. The number of nitrogens with two attached hydrogens (primary N) is 1. The number of halogens is 1. The summed E-state index contributed by atoms with van der Waals surface area (Å²) in [5, 5.41) is 8.88. The van der Waals surface area contributed by atoms with Crippen molar-refractivity contribution in [3.63, 3.8) is 0 Å². The SMILES string of the molecule is NC(=O)CC=Cc1ccc(Br)c(C(=O)O)c1. The van der Waals surface area contributed by atoms with Crippen LogP contribution in [-0.4, -0.2) is 17.0 Å². The molecule has 0 aliphatic carbocycles. The summed E-state index contributed by atoms with van der Waals surface area (Å²) in [6.45, 7) is 0. The summed E-state index contributed by atoms with van der Waals surface area (Å²) >= 11 is 3.14. The van der Waals surface area contributed by atoms with Crippen LogP contribution in [-0.2, 0) is 4.79 Å². The zero-order valence-corrected chi connectivity index (χ0v) is 9.90. The van der Waals surface area contributed by atoms with E-state index < -0.39 is 11.9 Å². The van der Waals surface area contributed by atoms with Gasteiger partial charge in [0.15, 0.2) is 0 Å². The van der Waals surface area contributed by atoms with Gasteiger partial charge in [0.25, 0.3) is 0 Å². The monoisotopic (exact) mass is 283 g/mol. The molecule has 16 heavy (non-hydrogen) atoms. The maximum absolute atomic E-state index is 10.8. The minimum Gasteiger partial charge on any atom is -0.478 e. The van der Waals surface area contributed by atoms with Crippen LogP contribution >= 0.6 is 15.9 Å². The van der Waals surface area contributed by atoms with E-state index in [4.69, 9.17) is 10.8 Å². The van der Waals surface area contributed by atoms with Crippen molar-refractivity contribution in [1.82, 2.24) is 0 Å². The minimum absolute atomic E-state index is 0.137. The average Bonchev–Trinajstić information content (AvgIpc) is 2.19. The standard InChI is InChI=1S/C11H10BrNO3/c12-9-5-4-7(2-1-3-10(13)14)6-8(9)11(15)16/h1-2,4-6H,3H2,(H2,13,14)(H,15,16). The van der Waals surface area contributed by atoms with E-state index in [2.05, 4.69) is 15.9 Å². The molecule has 0 fully saturated rings. The van der Waals surface area contributed by atoms with E-state index in [1.54, 1.807) is 24.3 Å². The van der Waals surface area contributed by atoms with Crippen molar-refractivity contribution in [2.75, 3.05) is 0 Å². The molecule has 0 unspecified atom stereocenters. The normalized spacial score (nSPS) is 10.6. The van der Waals surface area contributed by atoms with Gasteiger partial charge in [0, 0.05) is 10.9 Å². The van der Waals surface area contributed by atoms with Gasteiger partial charge < -0.3 is 10.8 Å². The Labute approximate surface area is 101 Å². The lowest BCUT2D eigenvalue weighted by Gasteiger charge is -2.00. The zero-order valence-electron chi connectivity index (χ0n) is 8.31. The first-order valence-corrected chi connectivity index (χ1v) is 5.27. The van der Waals surface area contributed by atoms with Crippen molar-refractivity contribution >= 4 is 33.9 Å². The number of benzene rings is 1. The zero-order chi connectivity index (χ0) is 12.1. The highest BCUT2D eigenvalue weighted by Crippen LogP contribution is 2.19. The highest BCUT2D eigenvalue weighted by atomic mass is 79.9. The maximum atomic E-state index is 10.8. The van der Waals surface area contributed by atoms with Crippen LogP contribution in [0.25, 0.3) is 6.08 Å². The number of hydrogen-bond donors (Lipinski definition) is 2. The predicted molar refractivity (Wildman–Crippen MR) is 63.9 cm³/mol. The van der Waals surface area contributed by atoms with Crippen molar-refractivity contribution in [2.45, 2.75) is 6.42 Å².